The van der Waals surface area contributed by atoms with Gasteiger partial charge in [-0.15, -0.1) is 0 Å². The lowest BCUT2D eigenvalue weighted by molar-refractivity contribution is 0.314. The first-order chi connectivity index (χ1) is 8.82. The van der Waals surface area contributed by atoms with Gasteiger partial charge in [-0.2, -0.15) is 0 Å². The smallest absolute Gasteiger partial charge is 0.0125 e. The molecule has 1 aliphatic heterocycles. The maximum atomic E-state index is 2.60. The number of fused-ring (bicyclic) bond motifs is 2. The van der Waals surface area contributed by atoms with Crippen molar-refractivity contribution in [3.05, 3.63) is 48.0 Å². The second-order valence-corrected chi connectivity index (χ2v) is 5.95. The van der Waals surface area contributed by atoms with Crippen LogP contribution in [0.4, 0.5) is 0 Å². The number of hydrogen-bond donors (Lipinski definition) is 0. The van der Waals surface area contributed by atoms with Crippen LogP contribution < -0.4 is 0 Å². The van der Waals surface area contributed by atoms with Crippen molar-refractivity contribution in [1.29, 1.82) is 0 Å². The maximum absolute atomic E-state index is 2.60. The van der Waals surface area contributed by atoms with E-state index in [1.165, 1.54) is 36.8 Å². The van der Waals surface area contributed by atoms with Crippen LogP contribution in [-0.2, 0) is 5.41 Å². The topological polar surface area (TPSA) is 3.24 Å². The molecule has 0 spiro atoms. The summed E-state index contributed by atoms with van der Waals surface area (Å²) in [7, 11) is 0. The van der Waals surface area contributed by atoms with Crippen molar-refractivity contribution in [2.24, 2.45) is 5.92 Å². The summed E-state index contributed by atoms with van der Waals surface area (Å²) in [5, 5.41) is 2.75. The molecule has 1 heteroatoms. The molecule has 0 amide bonds. The minimum atomic E-state index is 0.500. The molecular formula is C17H19N. The molecular weight excluding hydrogens is 218 g/mol. The molecule has 0 radical (unpaired) electrons. The summed E-state index contributed by atoms with van der Waals surface area (Å²) in [6, 6.07) is 15.8. The van der Waals surface area contributed by atoms with Crippen LogP contribution >= 0.6 is 0 Å². The molecule has 18 heavy (non-hydrogen) atoms. The van der Waals surface area contributed by atoms with Crippen LogP contribution in [0.5, 0.6) is 0 Å². The highest BCUT2D eigenvalue weighted by Gasteiger charge is 2.60. The monoisotopic (exact) mass is 237 g/mol. The average Bonchev–Trinajstić information content (AvgIpc) is 3.01. The third-order valence-corrected chi connectivity index (χ3v) is 4.99. The first-order valence-corrected chi connectivity index (χ1v) is 7.03. The third kappa shape index (κ3) is 1.37. The number of hydrogen-bond acceptors (Lipinski definition) is 1. The van der Waals surface area contributed by atoms with E-state index in [-0.39, 0.29) is 0 Å². The normalized spacial score (nSPS) is 30.6. The quantitative estimate of drug-likeness (QED) is 0.773. The van der Waals surface area contributed by atoms with E-state index in [1.54, 1.807) is 5.56 Å². The summed E-state index contributed by atoms with van der Waals surface area (Å²) >= 11 is 0. The first-order valence-electron chi connectivity index (χ1n) is 7.03. The Bertz CT molecular complexity index is 603. The van der Waals surface area contributed by atoms with Crippen LogP contribution in [-0.4, -0.2) is 24.5 Å². The van der Waals surface area contributed by atoms with E-state index in [9.17, 15) is 0 Å². The van der Waals surface area contributed by atoms with Crippen LogP contribution in [0.2, 0.25) is 0 Å². The molecule has 1 saturated heterocycles. The zero-order valence-electron chi connectivity index (χ0n) is 10.9. The van der Waals surface area contributed by atoms with Gasteiger partial charge in [0.2, 0.25) is 0 Å². The van der Waals surface area contributed by atoms with Gasteiger partial charge in [-0.3, -0.25) is 0 Å². The molecule has 1 aliphatic carbocycles. The van der Waals surface area contributed by atoms with Crippen LogP contribution in [0.1, 0.15) is 18.9 Å². The average molecular weight is 237 g/mol. The first kappa shape index (κ1) is 10.6. The highest BCUT2D eigenvalue weighted by Crippen LogP contribution is 2.59. The van der Waals surface area contributed by atoms with Gasteiger partial charge in [0.15, 0.2) is 0 Å². The molecule has 1 heterocycles. The summed E-state index contributed by atoms with van der Waals surface area (Å²) in [5.74, 6) is 0.915. The van der Waals surface area contributed by atoms with E-state index in [2.05, 4.69) is 54.3 Å². The lowest BCUT2D eigenvalue weighted by atomic mass is 9.93. The molecule has 2 aromatic rings. The van der Waals surface area contributed by atoms with Gasteiger partial charge in [0, 0.05) is 18.5 Å². The number of likely N-dealkylation sites (tertiary alicyclic amines) is 1. The highest BCUT2D eigenvalue weighted by atomic mass is 15.2. The Morgan fingerprint density at radius 2 is 2.00 bits per heavy atom. The number of piperidine rings is 1. The minimum Gasteiger partial charge on any atom is -0.302 e. The van der Waals surface area contributed by atoms with Crippen molar-refractivity contribution in [3.63, 3.8) is 0 Å². The third-order valence-electron chi connectivity index (χ3n) is 4.99. The Morgan fingerprint density at radius 3 is 2.78 bits per heavy atom. The molecule has 0 bridgehead atoms. The number of nitrogens with zero attached hydrogens (tertiary/aromatic N) is 1. The zero-order valence-corrected chi connectivity index (χ0v) is 10.9. The molecule has 2 unspecified atom stereocenters. The Hall–Kier alpha value is -1.34. The summed E-state index contributed by atoms with van der Waals surface area (Å²) < 4.78 is 0. The summed E-state index contributed by atoms with van der Waals surface area (Å²) in [5.41, 5.74) is 2.07. The molecule has 2 aromatic carbocycles. The zero-order chi connectivity index (χ0) is 12.2. The Morgan fingerprint density at radius 1 is 1.17 bits per heavy atom. The summed E-state index contributed by atoms with van der Waals surface area (Å²) in [6.45, 7) is 6.06. The van der Waals surface area contributed by atoms with Gasteiger partial charge in [0.1, 0.15) is 0 Å². The van der Waals surface area contributed by atoms with Crippen LogP contribution in [0.15, 0.2) is 42.5 Å². The van der Waals surface area contributed by atoms with E-state index in [4.69, 9.17) is 0 Å². The fraction of sp³-hybridized carbons (Fsp3) is 0.412. The Balaban J connectivity index is 1.76. The number of rotatable bonds is 2. The summed E-state index contributed by atoms with van der Waals surface area (Å²) in [4.78, 5) is 2.60. The maximum Gasteiger partial charge on any atom is 0.0125 e. The fourth-order valence-electron chi connectivity index (χ4n) is 3.77. The van der Waals surface area contributed by atoms with Crippen molar-refractivity contribution < 1.29 is 0 Å². The van der Waals surface area contributed by atoms with Crippen LogP contribution in [0.25, 0.3) is 10.8 Å². The Labute approximate surface area is 108 Å². The molecule has 2 aliphatic rings. The second-order valence-electron chi connectivity index (χ2n) is 5.95. The van der Waals surface area contributed by atoms with Gasteiger partial charge in [0.05, 0.1) is 0 Å². The molecule has 1 saturated carbocycles. The van der Waals surface area contributed by atoms with Crippen molar-refractivity contribution >= 4 is 10.8 Å². The molecule has 4 rings (SSSR count). The molecule has 2 atom stereocenters. The van der Waals surface area contributed by atoms with Crippen LogP contribution in [0.3, 0.4) is 0 Å². The van der Waals surface area contributed by atoms with Crippen molar-refractivity contribution in [2.75, 3.05) is 19.6 Å². The van der Waals surface area contributed by atoms with Gasteiger partial charge in [0.25, 0.3) is 0 Å². The van der Waals surface area contributed by atoms with Gasteiger partial charge < -0.3 is 4.90 Å². The SMILES string of the molecule is CCN1CC2CC2(c2ccc3ccccc3c2)C1. The summed E-state index contributed by atoms with van der Waals surface area (Å²) in [6.07, 6.45) is 1.40. The standard InChI is InChI=1S/C17H19N/c1-2-18-11-16-10-17(16,12-18)15-8-7-13-5-3-4-6-14(13)9-15/h3-9,16H,2,10-12H2,1H3. The van der Waals surface area contributed by atoms with Gasteiger partial charge in [-0.05, 0) is 35.2 Å². The lowest BCUT2D eigenvalue weighted by Gasteiger charge is -2.19. The van der Waals surface area contributed by atoms with Gasteiger partial charge >= 0.3 is 0 Å². The highest BCUT2D eigenvalue weighted by molar-refractivity contribution is 5.83. The van der Waals surface area contributed by atoms with Crippen LogP contribution in [0, 0.1) is 5.92 Å². The van der Waals surface area contributed by atoms with Crippen molar-refractivity contribution in [3.8, 4) is 0 Å². The molecule has 2 fully saturated rings. The van der Waals surface area contributed by atoms with Crippen molar-refractivity contribution in [2.45, 2.75) is 18.8 Å². The van der Waals surface area contributed by atoms with E-state index in [1.807, 2.05) is 0 Å². The molecule has 1 nitrogen and oxygen atoms in total. The number of likely N-dealkylation sites (N-methyl/N-ethyl adjacent to an activating group) is 1. The number of benzene rings is 2. The van der Waals surface area contributed by atoms with Gasteiger partial charge in [-0.25, -0.2) is 0 Å². The van der Waals surface area contributed by atoms with E-state index >= 15 is 0 Å². The molecule has 0 N–H and O–H groups in total. The molecule has 92 valence electrons. The predicted molar refractivity (Wildman–Crippen MR) is 75.8 cm³/mol. The molecule has 0 aromatic heterocycles. The second kappa shape index (κ2) is 3.58. The predicted octanol–water partition coefficient (Wildman–Crippen LogP) is 3.43. The van der Waals surface area contributed by atoms with Crippen molar-refractivity contribution in [1.82, 2.24) is 4.90 Å². The largest absolute Gasteiger partial charge is 0.302 e. The lowest BCUT2D eigenvalue weighted by Crippen LogP contribution is -2.26. The fourth-order valence-corrected chi connectivity index (χ4v) is 3.77. The Kier molecular flexibility index (Phi) is 2.10. The van der Waals surface area contributed by atoms with E-state index < -0.39 is 0 Å². The minimum absolute atomic E-state index is 0.500. The van der Waals surface area contributed by atoms with E-state index in [0.717, 1.165) is 5.92 Å². The van der Waals surface area contributed by atoms with Gasteiger partial charge in [-0.1, -0.05) is 49.4 Å². The van der Waals surface area contributed by atoms with E-state index in [0.29, 0.717) is 5.41 Å².